The van der Waals surface area contributed by atoms with Gasteiger partial charge in [0.15, 0.2) is 5.11 Å². The smallest absolute Gasteiger partial charge is 0.171 e. The lowest BCUT2D eigenvalue weighted by Gasteiger charge is -2.10. The van der Waals surface area contributed by atoms with E-state index in [1.54, 1.807) is 6.20 Å². The Balaban J connectivity index is 1.63. The van der Waals surface area contributed by atoms with Crippen molar-refractivity contribution in [1.82, 2.24) is 15.3 Å². The van der Waals surface area contributed by atoms with Crippen LogP contribution in [0.2, 0.25) is 5.02 Å². The number of hydrogen-bond acceptors (Lipinski definition) is 2. The fourth-order valence-electron chi connectivity index (χ4n) is 2.08. The van der Waals surface area contributed by atoms with E-state index in [1.807, 2.05) is 42.6 Å². The molecule has 4 nitrogen and oxygen atoms in total. The third-order valence-electron chi connectivity index (χ3n) is 3.06. The monoisotopic (exact) mass is 316 g/mol. The van der Waals surface area contributed by atoms with Gasteiger partial charge in [-0.3, -0.25) is 0 Å². The second-order valence-electron chi connectivity index (χ2n) is 4.53. The van der Waals surface area contributed by atoms with Gasteiger partial charge in [0.1, 0.15) is 5.65 Å². The lowest BCUT2D eigenvalue weighted by molar-refractivity contribution is 0.934. The van der Waals surface area contributed by atoms with Crippen molar-refractivity contribution in [2.75, 3.05) is 5.32 Å². The minimum absolute atomic E-state index is 0.551. The van der Waals surface area contributed by atoms with Gasteiger partial charge < -0.3 is 15.6 Å². The maximum atomic E-state index is 5.94. The molecule has 106 valence electrons. The Hall–Kier alpha value is -2.11. The number of hydrogen-bond donors (Lipinski definition) is 3. The van der Waals surface area contributed by atoms with Crippen LogP contribution in [-0.2, 0) is 6.54 Å². The Kier molecular flexibility index (Phi) is 4.03. The van der Waals surface area contributed by atoms with Crippen LogP contribution in [0.25, 0.3) is 11.0 Å². The number of H-pyrrole nitrogens is 1. The Labute approximate surface area is 132 Å². The van der Waals surface area contributed by atoms with Crippen molar-refractivity contribution in [2.45, 2.75) is 6.54 Å². The fourth-order valence-corrected chi connectivity index (χ4v) is 2.46. The van der Waals surface area contributed by atoms with E-state index in [2.05, 4.69) is 20.6 Å². The van der Waals surface area contributed by atoms with Crippen molar-refractivity contribution in [3.63, 3.8) is 0 Å². The van der Waals surface area contributed by atoms with Gasteiger partial charge in [0.05, 0.1) is 0 Å². The molecule has 0 radical (unpaired) electrons. The minimum atomic E-state index is 0.551. The first-order chi connectivity index (χ1) is 10.2. The normalized spacial score (nSPS) is 10.5. The van der Waals surface area contributed by atoms with Crippen molar-refractivity contribution >= 4 is 45.7 Å². The van der Waals surface area contributed by atoms with Gasteiger partial charge in [0, 0.05) is 35.0 Å². The number of thiocarbonyl (C=S) groups is 1. The van der Waals surface area contributed by atoms with Crippen molar-refractivity contribution in [1.29, 1.82) is 0 Å². The van der Waals surface area contributed by atoms with Gasteiger partial charge in [-0.05, 0) is 48.1 Å². The summed E-state index contributed by atoms with van der Waals surface area (Å²) in [5.74, 6) is 0. The highest BCUT2D eigenvalue weighted by molar-refractivity contribution is 7.80. The minimum Gasteiger partial charge on any atom is -0.358 e. The van der Waals surface area contributed by atoms with Gasteiger partial charge in [0.25, 0.3) is 0 Å². The van der Waals surface area contributed by atoms with Crippen LogP contribution in [0.1, 0.15) is 5.56 Å². The molecule has 2 heterocycles. The average Bonchev–Trinajstić information content (AvgIpc) is 2.88. The van der Waals surface area contributed by atoms with Crippen LogP contribution >= 0.6 is 23.8 Å². The molecule has 0 amide bonds. The van der Waals surface area contributed by atoms with E-state index in [1.165, 1.54) is 0 Å². The summed E-state index contributed by atoms with van der Waals surface area (Å²) < 4.78 is 0. The number of aromatic amines is 1. The highest BCUT2D eigenvalue weighted by Crippen LogP contribution is 2.16. The topological polar surface area (TPSA) is 52.7 Å². The summed E-state index contributed by atoms with van der Waals surface area (Å²) in [6.07, 6.45) is 3.70. The molecule has 0 saturated heterocycles. The molecule has 0 fully saturated rings. The van der Waals surface area contributed by atoms with Gasteiger partial charge in [0.2, 0.25) is 0 Å². The number of anilines is 1. The molecule has 2 aromatic heterocycles. The Morgan fingerprint density at radius 2 is 2.19 bits per heavy atom. The number of rotatable bonds is 3. The first kappa shape index (κ1) is 13.9. The summed E-state index contributed by atoms with van der Waals surface area (Å²) in [6, 6.07) is 11.4. The van der Waals surface area contributed by atoms with Gasteiger partial charge in [-0.25, -0.2) is 4.98 Å². The summed E-state index contributed by atoms with van der Waals surface area (Å²) in [4.78, 5) is 7.40. The summed E-state index contributed by atoms with van der Waals surface area (Å²) >= 11 is 11.2. The quantitative estimate of drug-likeness (QED) is 0.645. The van der Waals surface area contributed by atoms with E-state index >= 15 is 0 Å². The van der Waals surface area contributed by atoms with E-state index in [0.717, 1.165) is 22.3 Å². The van der Waals surface area contributed by atoms with Crippen LogP contribution in [-0.4, -0.2) is 15.1 Å². The predicted molar refractivity (Wildman–Crippen MR) is 90.6 cm³/mol. The zero-order chi connectivity index (χ0) is 14.7. The maximum Gasteiger partial charge on any atom is 0.171 e. The van der Waals surface area contributed by atoms with E-state index in [9.17, 15) is 0 Å². The van der Waals surface area contributed by atoms with Crippen molar-refractivity contribution < 1.29 is 0 Å². The summed E-state index contributed by atoms with van der Waals surface area (Å²) in [5.41, 5.74) is 2.86. The molecule has 0 atom stereocenters. The first-order valence-corrected chi connectivity index (χ1v) is 7.22. The maximum absolute atomic E-state index is 5.94. The number of nitrogens with one attached hydrogen (secondary N) is 3. The number of nitrogens with zero attached hydrogens (tertiary/aromatic N) is 1. The first-order valence-electron chi connectivity index (χ1n) is 6.44. The Morgan fingerprint density at radius 3 is 3.05 bits per heavy atom. The SMILES string of the molecule is S=C(NCc1c[nH]c2ncccc12)Nc1cccc(Cl)c1. The van der Waals surface area contributed by atoms with Crippen LogP contribution in [0.15, 0.2) is 48.8 Å². The van der Waals surface area contributed by atoms with Gasteiger partial charge in [-0.2, -0.15) is 0 Å². The molecule has 3 rings (SSSR count). The molecule has 3 aromatic rings. The second-order valence-corrected chi connectivity index (χ2v) is 5.38. The number of aromatic nitrogens is 2. The molecule has 0 aliphatic rings. The standard InChI is InChI=1S/C15H13ClN4S/c16-11-3-1-4-12(7-11)20-15(21)19-9-10-8-18-14-13(10)5-2-6-17-14/h1-8H,9H2,(H,17,18)(H2,19,20,21). The summed E-state index contributed by atoms with van der Waals surface area (Å²) in [6.45, 7) is 0.623. The van der Waals surface area contributed by atoms with Crippen LogP contribution in [0.4, 0.5) is 5.69 Å². The van der Waals surface area contributed by atoms with Crippen molar-refractivity contribution in [2.24, 2.45) is 0 Å². The molecule has 0 aliphatic carbocycles. The molecule has 0 saturated carbocycles. The fraction of sp³-hybridized carbons (Fsp3) is 0.0667. The van der Waals surface area contributed by atoms with Crippen LogP contribution in [0.5, 0.6) is 0 Å². The molecular formula is C15H13ClN4S. The third-order valence-corrected chi connectivity index (χ3v) is 3.54. The van der Waals surface area contributed by atoms with Crippen LogP contribution < -0.4 is 10.6 Å². The van der Waals surface area contributed by atoms with E-state index in [-0.39, 0.29) is 0 Å². The molecular weight excluding hydrogens is 304 g/mol. The highest BCUT2D eigenvalue weighted by Gasteiger charge is 2.04. The number of pyridine rings is 1. The lowest BCUT2D eigenvalue weighted by Crippen LogP contribution is -2.27. The molecule has 0 bridgehead atoms. The largest absolute Gasteiger partial charge is 0.358 e. The van der Waals surface area contributed by atoms with Gasteiger partial charge in [-0.1, -0.05) is 17.7 Å². The van der Waals surface area contributed by atoms with Crippen LogP contribution in [0, 0.1) is 0 Å². The zero-order valence-electron chi connectivity index (χ0n) is 11.1. The second kappa shape index (κ2) is 6.11. The molecule has 0 unspecified atom stereocenters. The summed E-state index contributed by atoms with van der Waals surface area (Å²) in [7, 11) is 0. The third kappa shape index (κ3) is 3.32. The number of fused-ring (bicyclic) bond motifs is 1. The molecule has 0 spiro atoms. The number of benzene rings is 1. The van der Waals surface area contributed by atoms with Gasteiger partial charge in [-0.15, -0.1) is 0 Å². The molecule has 0 aliphatic heterocycles. The van der Waals surface area contributed by atoms with Crippen molar-refractivity contribution in [3.05, 3.63) is 59.4 Å². The van der Waals surface area contributed by atoms with E-state index in [0.29, 0.717) is 16.7 Å². The average molecular weight is 317 g/mol. The highest BCUT2D eigenvalue weighted by atomic mass is 35.5. The molecule has 6 heteroatoms. The predicted octanol–water partition coefficient (Wildman–Crippen LogP) is 3.70. The molecule has 3 N–H and O–H groups in total. The van der Waals surface area contributed by atoms with Crippen molar-refractivity contribution in [3.8, 4) is 0 Å². The van der Waals surface area contributed by atoms with Crippen LogP contribution in [0.3, 0.4) is 0 Å². The Bertz CT molecular complexity index is 784. The lowest BCUT2D eigenvalue weighted by atomic mass is 10.2. The van der Waals surface area contributed by atoms with E-state index in [4.69, 9.17) is 23.8 Å². The summed E-state index contributed by atoms with van der Waals surface area (Å²) in [5, 5.41) is 8.59. The Morgan fingerprint density at radius 1 is 1.29 bits per heavy atom. The number of halogens is 1. The zero-order valence-corrected chi connectivity index (χ0v) is 12.6. The molecule has 21 heavy (non-hydrogen) atoms. The molecule has 1 aromatic carbocycles. The van der Waals surface area contributed by atoms with Gasteiger partial charge >= 0.3 is 0 Å². The van der Waals surface area contributed by atoms with E-state index < -0.39 is 0 Å².